The van der Waals surface area contributed by atoms with Gasteiger partial charge < -0.3 is 15.7 Å². The van der Waals surface area contributed by atoms with Crippen LogP contribution >= 0.6 is 0 Å². The number of carbonyl (C=O) groups is 3. The largest absolute Gasteiger partial charge is 0.481 e. The third kappa shape index (κ3) is 3.14. The van der Waals surface area contributed by atoms with Gasteiger partial charge in [-0.05, 0) is 31.0 Å². The van der Waals surface area contributed by atoms with E-state index in [1.54, 1.807) is 24.3 Å². The van der Waals surface area contributed by atoms with Crippen molar-refractivity contribution in [2.24, 2.45) is 11.8 Å². The summed E-state index contributed by atoms with van der Waals surface area (Å²) in [6, 6.07) is 6.74. The van der Waals surface area contributed by atoms with E-state index in [2.05, 4.69) is 10.6 Å². The topological polar surface area (TPSA) is 95.5 Å². The Morgan fingerprint density at radius 3 is 2.20 bits per heavy atom. The maximum Gasteiger partial charge on any atom is 0.307 e. The molecule has 0 aliphatic heterocycles. The average molecular weight is 276 g/mol. The second-order valence-corrected chi connectivity index (χ2v) is 4.88. The standard InChI is InChI=1S/C14H16N2O4/c1-8(17)15-9-3-2-4-10(7-9)16-13(18)11-5-6-12(11)14(19)20/h2-4,7,11-12H,5-6H2,1H3,(H,15,17)(H,16,18)(H,19,20). The van der Waals surface area contributed by atoms with Crippen LogP contribution in [0.3, 0.4) is 0 Å². The zero-order valence-electron chi connectivity index (χ0n) is 11.1. The van der Waals surface area contributed by atoms with Crippen LogP contribution in [0.1, 0.15) is 19.8 Å². The Kier molecular flexibility index (Phi) is 4.02. The average Bonchev–Trinajstić information content (AvgIpc) is 2.25. The van der Waals surface area contributed by atoms with E-state index in [-0.39, 0.29) is 11.8 Å². The first-order chi connectivity index (χ1) is 9.47. The fourth-order valence-corrected chi connectivity index (χ4v) is 2.22. The van der Waals surface area contributed by atoms with Crippen LogP contribution in [0.5, 0.6) is 0 Å². The number of carboxylic acid groups (broad SMARTS) is 1. The van der Waals surface area contributed by atoms with Gasteiger partial charge in [0.15, 0.2) is 0 Å². The van der Waals surface area contributed by atoms with Gasteiger partial charge in [0, 0.05) is 18.3 Å². The van der Waals surface area contributed by atoms with Crippen LogP contribution in [-0.2, 0) is 14.4 Å². The lowest BCUT2D eigenvalue weighted by atomic mass is 9.73. The van der Waals surface area contributed by atoms with Crippen LogP contribution in [-0.4, -0.2) is 22.9 Å². The first-order valence-electron chi connectivity index (χ1n) is 6.38. The Labute approximate surface area is 116 Å². The molecule has 106 valence electrons. The Balaban J connectivity index is 2.01. The third-order valence-corrected chi connectivity index (χ3v) is 3.38. The molecule has 0 heterocycles. The van der Waals surface area contributed by atoms with Crippen molar-refractivity contribution in [1.29, 1.82) is 0 Å². The summed E-state index contributed by atoms with van der Waals surface area (Å²) >= 11 is 0. The summed E-state index contributed by atoms with van der Waals surface area (Å²) in [5.41, 5.74) is 1.12. The minimum atomic E-state index is -0.927. The first-order valence-corrected chi connectivity index (χ1v) is 6.38. The van der Waals surface area contributed by atoms with Gasteiger partial charge in [0.05, 0.1) is 11.8 Å². The lowest BCUT2D eigenvalue weighted by Crippen LogP contribution is -2.41. The summed E-state index contributed by atoms with van der Waals surface area (Å²) < 4.78 is 0. The molecular weight excluding hydrogens is 260 g/mol. The van der Waals surface area contributed by atoms with E-state index in [1.165, 1.54) is 6.92 Å². The molecule has 6 heteroatoms. The molecule has 0 saturated heterocycles. The molecular formula is C14H16N2O4. The number of rotatable bonds is 4. The zero-order chi connectivity index (χ0) is 14.7. The second-order valence-electron chi connectivity index (χ2n) is 4.88. The van der Waals surface area contributed by atoms with Gasteiger partial charge in [-0.3, -0.25) is 14.4 Å². The van der Waals surface area contributed by atoms with E-state index in [9.17, 15) is 14.4 Å². The molecule has 3 N–H and O–H groups in total. The van der Waals surface area contributed by atoms with E-state index in [0.717, 1.165) is 0 Å². The van der Waals surface area contributed by atoms with Crippen molar-refractivity contribution < 1.29 is 19.5 Å². The third-order valence-electron chi connectivity index (χ3n) is 3.38. The van der Waals surface area contributed by atoms with Gasteiger partial charge in [-0.2, -0.15) is 0 Å². The molecule has 20 heavy (non-hydrogen) atoms. The molecule has 1 fully saturated rings. The number of amides is 2. The van der Waals surface area contributed by atoms with Crippen LogP contribution in [0.25, 0.3) is 0 Å². The van der Waals surface area contributed by atoms with Crippen molar-refractivity contribution in [2.45, 2.75) is 19.8 Å². The van der Waals surface area contributed by atoms with E-state index >= 15 is 0 Å². The van der Waals surface area contributed by atoms with Gasteiger partial charge >= 0.3 is 5.97 Å². The van der Waals surface area contributed by atoms with Crippen LogP contribution in [0.15, 0.2) is 24.3 Å². The van der Waals surface area contributed by atoms with E-state index in [4.69, 9.17) is 5.11 Å². The Morgan fingerprint density at radius 1 is 1.10 bits per heavy atom. The lowest BCUT2D eigenvalue weighted by molar-refractivity contribution is -0.151. The van der Waals surface area contributed by atoms with Crippen LogP contribution in [0, 0.1) is 11.8 Å². The van der Waals surface area contributed by atoms with Gasteiger partial charge in [-0.25, -0.2) is 0 Å². The maximum absolute atomic E-state index is 12.0. The van der Waals surface area contributed by atoms with Crippen molar-refractivity contribution in [2.75, 3.05) is 10.6 Å². The van der Waals surface area contributed by atoms with Crippen LogP contribution in [0.4, 0.5) is 11.4 Å². The molecule has 1 aliphatic carbocycles. The molecule has 2 rings (SSSR count). The smallest absolute Gasteiger partial charge is 0.307 e. The minimum absolute atomic E-state index is 0.196. The fraction of sp³-hybridized carbons (Fsp3) is 0.357. The zero-order valence-corrected chi connectivity index (χ0v) is 11.1. The van der Waals surface area contributed by atoms with Gasteiger partial charge in [-0.1, -0.05) is 6.07 Å². The summed E-state index contributed by atoms with van der Waals surface area (Å²) in [6.45, 7) is 1.40. The summed E-state index contributed by atoms with van der Waals surface area (Å²) in [4.78, 5) is 33.8. The molecule has 2 unspecified atom stereocenters. The van der Waals surface area contributed by atoms with Gasteiger partial charge in [0.2, 0.25) is 11.8 Å². The van der Waals surface area contributed by atoms with Crippen molar-refractivity contribution in [3.63, 3.8) is 0 Å². The normalized spacial score (nSPS) is 20.6. The summed E-state index contributed by atoms with van der Waals surface area (Å²) in [6.07, 6.45) is 1.13. The highest BCUT2D eigenvalue weighted by Gasteiger charge is 2.41. The predicted octanol–water partition coefficient (Wildman–Crippen LogP) is 1.69. The highest BCUT2D eigenvalue weighted by atomic mass is 16.4. The molecule has 6 nitrogen and oxygen atoms in total. The quantitative estimate of drug-likeness (QED) is 0.779. The Morgan fingerprint density at radius 2 is 1.70 bits per heavy atom. The monoisotopic (exact) mass is 276 g/mol. The summed E-state index contributed by atoms with van der Waals surface area (Å²) in [5.74, 6) is -2.48. The number of hydrogen-bond donors (Lipinski definition) is 3. The second kappa shape index (κ2) is 5.73. The van der Waals surface area contributed by atoms with E-state index in [1.807, 2.05) is 0 Å². The molecule has 0 aromatic heterocycles. The molecule has 0 bridgehead atoms. The molecule has 2 atom stereocenters. The predicted molar refractivity (Wildman–Crippen MR) is 73.2 cm³/mol. The lowest BCUT2D eigenvalue weighted by Gasteiger charge is -2.31. The highest BCUT2D eigenvalue weighted by Crippen LogP contribution is 2.35. The number of aliphatic carboxylic acids is 1. The maximum atomic E-state index is 12.0. The number of anilines is 2. The van der Waals surface area contributed by atoms with Crippen molar-refractivity contribution in [1.82, 2.24) is 0 Å². The van der Waals surface area contributed by atoms with E-state index < -0.39 is 17.8 Å². The summed E-state index contributed by atoms with van der Waals surface area (Å²) in [5, 5.41) is 14.2. The molecule has 0 radical (unpaired) electrons. The first kappa shape index (κ1) is 14.0. The van der Waals surface area contributed by atoms with E-state index in [0.29, 0.717) is 24.2 Å². The highest BCUT2D eigenvalue weighted by molar-refractivity contribution is 5.97. The number of benzene rings is 1. The molecule has 1 saturated carbocycles. The summed E-state index contributed by atoms with van der Waals surface area (Å²) in [7, 11) is 0. The SMILES string of the molecule is CC(=O)Nc1cccc(NC(=O)C2CCC2C(=O)O)c1. The fourth-order valence-electron chi connectivity index (χ4n) is 2.22. The molecule has 1 aliphatic rings. The molecule has 0 spiro atoms. The van der Waals surface area contributed by atoms with Crippen LogP contribution < -0.4 is 10.6 Å². The molecule has 1 aromatic rings. The number of carbonyl (C=O) groups excluding carboxylic acids is 2. The Bertz CT molecular complexity index is 556. The van der Waals surface area contributed by atoms with Gasteiger partial charge in [0.1, 0.15) is 0 Å². The number of carboxylic acids is 1. The van der Waals surface area contributed by atoms with Gasteiger partial charge in [-0.15, -0.1) is 0 Å². The van der Waals surface area contributed by atoms with Crippen LogP contribution in [0.2, 0.25) is 0 Å². The minimum Gasteiger partial charge on any atom is -0.481 e. The van der Waals surface area contributed by atoms with Gasteiger partial charge in [0.25, 0.3) is 0 Å². The van der Waals surface area contributed by atoms with Crippen molar-refractivity contribution in [3.8, 4) is 0 Å². The number of nitrogens with one attached hydrogen (secondary N) is 2. The Hall–Kier alpha value is -2.37. The van der Waals surface area contributed by atoms with Crippen molar-refractivity contribution in [3.05, 3.63) is 24.3 Å². The van der Waals surface area contributed by atoms with Crippen molar-refractivity contribution >= 4 is 29.2 Å². The molecule has 1 aromatic carbocycles. The number of hydrogen-bond acceptors (Lipinski definition) is 3. The molecule has 2 amide bonds.